The number of nitrogens with zero attached hydrogens (tertiary/aromatic N) is 1. The fraction of sp³-hybridized carbons (Fsp3) is 0.556. The number of ether oxygens (including phenoxy) is 2. The highest BCUT2D eigenvalue weighted by atomic mass is 32.2. The first-order valence-corrected chi connectivity index (χ1v) is 10.4. The van der Waals surface area contributed by atoms with Crippen molar-refractivity contribution in [2.24, 2.45) is 5.92 Å². The molecule has 0 spiro atoms. The number of nitrogens with one attached hydrogen (secondary N) is 1. The number of esters is 1. The Hall–Kier alpha value is -1.97. The molecule has 2 rings (SSSR count). The van der Waals surface area contributed by atoms with Crippen molar-refractivity contribution in [2.75, 3.05) is 32.9 Å². The van der Waals surface area contributed by atoms with E-state index in [1.807, 2.05) is 0 Å². The van der Waals surface area contributed by atoms with E-state index in [0.29, 0.717) is 13.2 Å². The Morgan fingerprint density at radius 2 is 1.93 bits per heavy atom. The topological polar surface area (TPSA) is 102 Å². The average Bonchev–Trinajstić information content (AvgIpc) is 2.66. The van der Waals surface area contributed by atoms with Gasteiger partial charge in [0, 0.05) is 18.7 Å². The van der Waals surface area contributed by atoms with Crippen molar-refractivity contribution in [1.29, 1.82) is 0 Å². The van der Waals surface area contributed by atoms with Crippen LogP contribution in [0.25, 0.3) is 0 Å². The number of carbonyl (C=O) groups is 2. The maximum absolute atomic E-state index is 12.8. The van der Waals surface area contributed by atoms with Gasteiger partial charge in [-0.3, -0.25) is 4.79 Å². The lowest BCUT2D eigenvalue weighted by atomic mass is 10.0. The van der Waals surface area contributed by atoms with Gasteiger partial charge in [-0.25, -0.2) is 13.2 Å². The first kappa shape index (κ1) is 21.3. The summed E-state index contributed by atoms with van der Waals surface area (Å²) in [7, 11) is -3.71. The molecule has 0 bridgehead atoms. The molecule has 9 heteroatoms. The van der Waals surface area contributed by atoms with Crippen LogP contribution in [0.3, 0.4) is 0 Å². The highest BCUT2D eigenvalue weighted by molar-refractivity contribution is 7.89. The van der Waals surface area contributed by atoms with Crippen molar-refractivity contribution in [1.82, 2.24) is 9.62 Å². The summed E-state index contributed by atoms with van der Waals surface area (Å²) >= 11 is 0. The van der Waals surface area contributed by atoms with Crippen LogP contribution in [0.5, 0.6) is 0 Å². The largest absolute Gasteiger partial charge is 0.464 e. The SMILES string of the molecule is CCOC(=O)[C@H](NC(=O)c1cccc(S(=O)(=O)N2CCOCC2)c1)C(C)C. The zero-order chi connectivity index (χ0) is 20.0. The van der Waals surface area contributed by atoms with E-state index in [0.717, 1.165) is 0 Å². The first-order valence-electron chi connectivity index (χ1n) is 8.92. The molecule has 0 radical (unpaired) electrons. The standard InChI is InChI=1S/C18H26N2O6S/c1-4-26-18(22)16(13(2)3)19-17(21)14-6-5-7-15(12-14)27(23,24)20-8-10-25-11-9-20/h5-7,12-13,16H,4,8-11H2,1-3H3,(H,19,21)/t16-/m1/s1. The van der Waals surface area contributed by atoms with Gasteiger partial charge in [0.2, 0.25) is 10.0 Å². The number of sulfonamides is 1. The lowest BCUT2D eigenvalue weighted by Gasteiger charge is -2.26. The van der Waals surface area contributed by atoms with Crippen molar-refractivity contribution in [3.05, 3.63) is 29.8 Å². The third kappa shape index (κ3) is 5.27. The molecule has 1 amide bonds. The molecule has 27 heavy (non-hydrogen) atoms. The zero-order valence-corrected chi connectivity index (χ0v) is 16.6. The molecule has 8 nitrogen and oxygen atoms in total. The Kier molecular flexibility index (Phi) is 7.34. The molecule has 1 fully saturated rings. The maximum Gasteiger partial charge on any atom is 0.328 e. The van der Waals surface area contributed by atoms with Crippen LogP contribution < -0.4 is 5.32 Å². The molecule has 1 aliphatic heterocycles. The van der Waals surface area contributed by atoms with E-state index in [-0.39, 0.29) is 36.1 Å². The van der Waals surface area contributed by atoms with Crippen LogP contribution in [-0.4, -0.2) is 63.6 Å². The number of hydrogen-bond donors (Lipinski definition) is 1. The second-order valence-electron chi connectivity index (χ2n) is 6.49. The number of benzene rings is 1. The zero-order valence-electron chi connectivity index (χ0n) is 15.8. The quantitative estimate of drug-likeness (QED) is 0.688. The van der Waals surface area contributed by atoms with Gasteiger partial charge in [0.1, 0.15) is 6.04 Å². The van der Waals surface area contributed by atoms with E-state index in [1.165, 1.54) is 28.6 Å². The van der Waals surface area contributed by atoms with Crippen LogP contribution in [0.1, 0.15) is 31.1 Å². The van der Waals surface area contributed by atoms with Crippen molar-refractivity contribution in [3.63, 3.8) is 0 Å². The summed E-state index contributed by atoms with van der Waals surface area (Å²) in [5.74, 6) is -1.22. The summed E-state index contributed by atoms with van der Waals surface area (Å²) in [5.41, 5.74) is 0.166. The Balaban J connectivity index is 2.20. The van der Waals surface area contributed by atoms with Gasteiger partial charge in [-0.05, 0) is 31.0 Å². The molecule has 0 aromatic heterocycles. The van der Waals surface area contributed by atoms with Crippen LogP contribution in [0.4, 0.5) is 0 Å². The van der Waals surface area contributed by atoms with E-state index in [4.69, 9.17) is 9.47 Å². The third-order valence-corrected chi connectivity index (χ3v) is 6.09. The molecule has 1 N–H and O–H groups in total. The molecule has 1 aromatic rings. The highest BCUT2D eigenvalue weighted by Crippen LogP contribution is 2.18. The van der Waals surface area contributed by atoms with E-state index in [2.05, 4.69) is 5.32 Å². The van der Waals surface area contributed by atoms with E-state index in [1.54, 1.807) is 20.8 Å². The lowest BCUT2D eigenvalue weighted by Crippen LogP contribution is -2.45. The molecular weight excluding hydrogens is 372 g/mol. The number of amides is 1. The Bertz CT molecular complexity index is 772. The number of hydrogen-bond acceptors (Lipinski definition) is 6. The molecule has 1 aliphatic rings. The van der Waals surface area contributed by atoms with Crippen molar-refractivity contribution in [2.45, 2.75) is 31.7 Å². The Labute approximate surface area is 159 Å². The van der Waals surface area contributed by atoms with Gasteiger partial charge < -0.3 is 14.8 Å². The summed E-state index contributed by atoms with van der Waals surface area (Å²) < 4.78 is 37.0. The van der Waals surface area contributed by atoms with Crippen LogP contribution in [0, 0.1) is 5.92 Å². The fourth-order valence-corrected chi connectivity index (χ4v) is 4.14. The van der Waals surface area contributed by atoms with Crippen LogP contribution in [0.15, 0.2) is 29.2 Å². The normalized spacial score (nSPS) is 16.7. The van der Waals surface area contributed by atoms with E-state index in [9.17, 15) is 18.0 Å². The monoisotopic (exact) mass is 398 g/mol. The minimum atomic E-state index is -3.71. The predicted molar refractivity (Wildman–Crippen MR) is 98.7 cm³/mol. The fourth-order valence-electron chi connectivity index (χ4n) is 2.69. The number of carbonyl (C=O) groups excluding carboxylic acids is 2. The maximum atomic E-state index is 12.8. The average molecular weight is 398 g/mol. The summed E-state index contributed by atoms with van der Waals surface area (Å²) in [6.45, 7) is 6.72. The van der Waals surface area contributed by atoms with Gasteiger partial charge in [-0.15, -0.1) is 0 Å². The smallest absolute Gasteiger partial charge is 0.328 e. The summed E-state index contributed by atoms with van der Waals surface area (Å²) in [6.07, 6.45) is 0. The van der Waals surface area contributed by atoms with Crippen molar-refractivity contribution in [3.8, 4) is 0 Å². The molecule has 0 saturated carbocycles. The molecule has 150 valence electrons. The highest BCUT2D eigenvalue weighted by Gasteiger charge is 2.28. The predicted octanol–water partition coefficient (Wildman–Crippen LogP) is 1.02. The lowest BCUT2D eigenvalue weighted by molar-refractivity contribution is -0.146. The summed E-state index contributed by atoms with van der Waals surface area (Å²) in [4.78, 5) is 24.6. The van der Waals surface area contributed by atoms with Gasteiger partial charge in [0.05, 0.1) is 24.7 Å². The first-order chi connectivity index (χ1) is 12.8. The van der Waals surface area contributed by atoms with Crippen LogP contribution in [-0.2, 0) is 24.3 Å². The third-order valence-electron chi connectivity index (χ3n) is 4.20. The Morgan fingerprint density at radius 3 is 2.52 bits per heavy atom. The van der Waals surface area contributed by atoms with E-state index < -0.39 is 27.9 Å². The van der Waals surface area contributed by atoms with Gasteiger partial charge >= 0.3 is 5.97 Å². The van der Waals surface area contributed by atoms with Gasteiger partial charge in [-0.2, -0.15) is 4.31 Å². The van der Waals surface area contributed by atoms with Crippen LogP contribution >= 0.6 is 0 Å². The van der Waals surface area contributed by atoms with Gasteiger partial charge in [0.15, 0.2) is 0 Å². The Morgan fingerprint density at radius 1 is 1.26 bits per heavy atom. The molecule has 0 aliphatic carbocycles. The summed E-state index contributed by atoms with van der Waals surface area (Å²) in [6, 6.07) is 4.99. The number of morpholine rings is 1. The van der Waals surface area contributed by atoms with Crippen molar-refractivity contribution < 1.29 is 27.5 Å². The molecule has 1 saturated heterocycles. The minimum Gasteiger partial charge on any atom is -0.464 e. The van der Waals surface area contributed by atoms with Gasteiger partial charge in [-0.1, -0.05) is 19.9 Å². The van der Waals surface area contributed by atoms with Crippen LogP contribution in [0.2, 0.25) is 0 Å². The van der Waals surface area contributed by atoms with Gasteiger partial charge in [0.25, 0.3) is 5.91 Å². The molecular formula is C18H26N2O6S. The summed E-state index contributed by atoms with van der Waals surface area (Å²) in [5, 5.41) is 2.63. The molecule has 1 aromatic carbocycles. The van der Waals surface area contributed by atoms with Crippen molar-refractivity contribution >= 4 is 21.9 Å². The molecule has 0 unspecified atom stereocenters. The second-order valence-corrected chi connectivity index (χ2v) is 8.43. The minimum absolute atomic E-state index is 0.0364. The second kappa shape index (κ2) is 9.29. The number of rotatable bonds is 7. The molecule has 1 atom stereocenters. The van der Waals surface area contributed by atoms with E-state index >= 15 is 0 Å². The molecule has 1 heterocycles.